The summed E-state index contributed by atoms with van der Waals surface area (Å²) in [6.07, 6.45) is 7.00. The van der Waals surface area contributed by atoms with Crippen molar-refractivity contribution in [2.45, 2.75) is 69.6 Å². The Morgan fingerprint density at radius 1 is 1.19 bits per heavy atom. The van der Waals surface area contributed by atoms with Gasteiger partial charge in [0.1, 0.15) is 0 Å². The molecule has 1 aliphatic carbocycles. The molecule has 3 atom stereocenters. The van der Waals surface area contributed by atoms with Gasteiger partial charge < -0.3 is 14.9 Å². The number of hydrogen-bond acceptors (Lipinski definition) is 4. The lowest BCUT2D eigenvalue weighted by Crippen LogP contribution is -2.52. The van der Waals surface area contributed by atoms with E-state index in [-0.39, 0.29) is 12.0 Å². The van der Waals surface area contributed by atoms with Crippen LogP contribution in [0.2, 0.25) is 0 Å². The van der Waals surface area contributed by atoms with Gasteiger partial charge in [0.2, 0.25) is 0 Å². The first-order valence-electron chi connectivity index (χ1n) is 8.80. The molecule has 2 heterocycles. The molecule has 0 bridgehead atoms. The predicted octanol–water partition coefficient (Wildman–Crippen LogP) is 1.79. The maximum atomic E-state index is 10.9. The second-order valence-corrected chi connectivity index (χ2v) is 7.68. The molecule has 0 aromatic rings. The zero-order chi connectivity index (χ0) is 14.9. The molecule has 4 nitrogen and oxygen atoms in total. The summed E-state index contributed by atoms with van der Waals surface area (Å²) < 4.78 is 5.59. The third-order valence-electron chi connectivity index (χ3n) is 5.97. The SMILES string of the molecule is CC1CCC(O)(CN2CCC[C@@H]2[C@@H]2COCC[C@H]2O)CC1. The van der Waals surface area contributed by atoms with Crippen LogP contribution >= 0.6 is 0 Å². The Morgan fingerprint density at radius 2 is 1.95 bits per heavy atom. The molecule has 2 N–H and O–H groups in total. The minimum atomic E-state index is -0.504. The minimum absolute atomic E-state index is 0.229. The van der Waals surface area contributed by atoms with Crippen molar-refractivity contribution in [3.05, 3.63) is 0 Å². The van der Waals surface area contributed by atoms with Gasteiger partial charge in [-0.25, -0.2) is 0 Å². The Hall–Kier alpha value is -0.160. The highest BCUT2D eigenvalue weighted by Gasteiger charge is 2.41. The van der Waals surface area contributed by atoms with Crippen LogP contribution in [0.25, 0.3) is 0 Å². The maximum Gasteiger partial charge on any atom is 0.0774 e. The smallest absolute Gasteiger partial charge is 0.0774 e. The highest BCUT2D eigenvalue weighted by molar-refractivity contribution is 4.95. The molecule has 3 aliphatic rings. The Labute approximate surface area is 128 Å². The quantitative estimate of drug-likeness (QED) is 0.834. The van der Waals surface area contributed by atoms with Crippen molar-refractivity contribution in [2.24, 2.45) is 11.8 Å². The lowest BCUT2D eigenvalue weighted by atomic mass is 9.79. The van der Waals surface area contributed by atoms with Gasteiger partial charge in [0, 0.05) is 25.1 Å². The molecule has 3 fully saturated rings. The summed E-state index contributed by atoms with van der Waals surface area (Å²) in [5.41, 5.74) is -0.504. The number of rotatable bonds is 3. The van der Waals surface area contributed by atoms with Gasteiger partial charge in [0.15, 0.2) is 0 Å². The van der Waals surface area contributed by atoms with Gasteiger partial charge >= 0.3 is 0 Å². The molecule has 2 aliphatic heterocycles. The molecule has 0 spiro atoms. The highest BCUT2D eigenvalue weighted by atomic mass is 16.5. The lowest BCUT2D eigenvalue weighted by molar-refractivity contribution is -0.0827. The third kappa shape index (κ3) is 3.61. The highest BCUT2D eigenvalue weighted by Crippen LogP contribution is 2.36. The first-order valence-corrected chi connectivity index (χ1v) is 8.80. The molecule has 0 unspecified atom stereocenters. The largest absolute Gasteiger partial charge is 0.393 e. The molecule has 0 radical (unpaired) electrons. The Morgan fingerprint density at radius 3 is 2.67 bits per heavy atom. The van der Waals surface area contributed by atoms with Crippen LogP contribution in [0.15, 0.2) is 0 Å². The van der Waals surface area contributed by atoms with Gasteiger partial charge in [-0.05, 0) is 57.4 Å². The third-order valence-corrected chi connectivity index (χ3v) is 5.97. The second kappa shape index (κ2) is 6.53. The molecule has 1 saturated carbocycles. The van der Waals surface area contributed by atoms with E-state index < -0.39 is 5.60 Å². The maximum absolute atomic E-state index is 10.9. The van der Waals surface area contributed by atoms with E-state index in [1.165, 1.54) is 6.42 Å². The molecular weight excluding hydrogens is 266 g/mol. The molecule has 21 heavy (non-hydrogen) atoms. The molecule has 0 aromatic carbocycles. The van der Waals surface area contributed by atoms with Crippen molar-refractivity contribution in [1.82, 2.24) is 4.90 Å². The van der Waals surface area contributed by atoms with Crippen molar-refractivity contribution in [3.63, 3.8) is 0 Å². The molecule has 122 valence electrons. The van der Waals surface area contributed by atoms with Crippen LogP contribution in [0.1, 0.15) is 51.9 Å². The zero-order valence-corrected chi connectivity index (χ0v) is 13.3. The van der Waals surface area contributed by atoms with E-state index in [0.717, 1.165) is 57.5 Å². The number of aliphatic hydroxyl groups is 2. The van der Waals surface area contributed by atoms with Crippen LogP contribution in [0.4, 0.5) is 0 Å². The molecule has 4 heteroatoms. The Bertz CT molecular complexity index is 341. The Balaban J connectivity index is 1.61. The summed E-state index contributed by atoms with van der Waals surface area (Å²) in [6.45, 7) is 5.50. The number of β-amino-alcohol motifs (C(OH)–C–C–N with tert-alkyl or cyclic N) is 1. The first-order chi connectivity index (χ1) is 10.1. The molecular formula is C17H31NO3. The number of hydrogen-bond donors (Lipinski definition) is 2. The van der Waals surface area contributed by atoms with E-state index in [9.17, 15) is 10.2 Å². The minimum Gasteiger partial charge on any atom is -0.393 e. The van der Waals surface area contributed by atoms with E-state index in [1.54, 1.807) is 0 Å². The average Bonchev–Trinajstić information content (AvgIpc) is 2.91. The van der Waals surface area contributed by atoms with E-state index in [0.29, 0.717) is 19.3 Å². The van der Waals surface area contributed by atoms with Crippen molar-refractivity contribution in [3.8, 4) is 0 Å². The molecule has 0 aromatic heterocycles. The number of likely N-dealkylation sites (tertiary alicyclic amines) is 1. The second-order valence-electron chi connectivity index (χ2n) is 7.68. The molecule has 2 saturated heterocycles. The van der Waals surface area contributed by atoms with Crippen molar-refractivity contribution in [1.29, 1.82) is 0 Å². The van der Waals surface area contributed by atoms with Gasteiger partial charge in [-0.15, -0.1) is 0 Å². The Kier molecular flexibility index (Phi) is 4.89. The van der Waals surface area contributed by atoms with Crippen LogP contribution in [0.5, 0.6) is 0 Å². The van der Waals surface area contributed by atoms with E-state index in [4.69, 9.17) is 4.74 Å². The van der Waals surface area contributed by atoms with Gasteiger partial charge in [0.05, 0.1) is 18.3 Å². The predicted molar refractivity (Wildman–Crippen MR) is 82.1 cm³/mol. The van der Waals surface area contributed by atoms with Crippen LogP contribution in [-0.4, -0.2) is 59.2 Å². The van der Waals surface area contributed by atoms with Crippen LogP contribution in [-0.2, 0) is 4.74 Å². The standard InChI is InChI=1S/C17H31NO3/c1-13-4-7-17(20,8-5-13)12-18-9-2-3-15(18)14-11-21-10-6-16(14)19/h13-16,19-20H,2-12H2,1H3/t13?,14-,15+,16+,17?/m0/s1. The van der Waals surface area contributed by atoms with Crippen LogP contribution in [0.3, 0.4) is 0 Å². The number of nitrogens with zero attached hydrogens (tertiary/aromatic N) is 1. The topological polar surface area (TPSA) is 52.9 Å². The normalized spacial score (nSPS) is 45.9. The molecule has 0 amide bonds. The van der Waals surface area contributed by atoms with Gasteiger partial charge in [-0.2, -0.15) is 0 Å². The van der Waals surface area contributed by atoms with Crippen LogP contribution in [0, 0.1) is 11.8 Å². The summed E-state index contributed by atoms with van der Waals surface area (Å²) in [5.74, 6) is 0.987. The number of aliphatic hydroxyl groups excluding tert-OH is 1. The first kappa shape index (κ1) is 15.7. The summed E-state index contributed by atoms with van der Waals surface area (Å²) in [6, 6.07) is 0.392. The van der Waals surface area contributed by atoms with Gasteiger partial charge in [-0.1, -0.05) is 6.92 Å². The number of ether oxygens (including phenoxy) is 1. The van der Waals surface area contributed by atoms with Crippen LogP contribution < -0.4 is 0 Å². The van der Waals surface area contributed by atoms with E-state index in [1.807, 2.05) is 0 Å². The van der Waals surface area contributed by atoms with E-state index in [2.05, 4.69) is 11.8 Å². The summed E-state index contributed by atoms with van der Waals surface area (Å²) >= 11 is 0. The summed E-state index contributed by atoms with van der Waals surface area (Å²) in [7, 11) is 0. The fraction of sp³-hybridized carbons (Fsp3) is 1.00. The molecule has 3 rings (SSSR count). The van der Waals surface area contributed by atoms with Gasteiger partial charge in [0.25, 0.3) is 0 Å². The average molecular weight is 297 g/mol. The fourth-order valence-electron chi connectivity index (χ4n) is 4.48. The van der Waals surface area contributed by atoms with Gasteiger partial charge in [-0.3, -0.25) is 4.90 Å². The monoisotopic (exact) mass is 297 g/mol. The van der Waals surface area contributed by atoms with E-state index >= 15 is 0 Å². The summed E-state index contributed by atoms with van der Waals surface area (Å²) in [5, 5.41) is 21.2. The van der Waals surface area contributed by atoms with Crippen molar-refractivity contribution in [2.75, 3.05) is 26.3 Å². The van der Waals surface area contributed by atoms with Crippen molar-refractivity contribution < 1.29 is 14.9 Å². The fourth-order valence-corrected chi connectivity index (χ4v) is 4.48. The lowest BCUT2D eigenvalue weighted by Gasteiger charge is -2.42. The van der Waals surface area contributed by atoms with Crippen molar-refractivity contribution >= 4 is 0 Å². The zero-order valence-electron chi connectivity index (χ0n) is 13.3. The summed E-state index contributed by atoms with van der Waals surface area (Å²) in [4.78, 5) is 2.44.